The zero-order valence-corrected chi connectivity index (χ0v) is 35.1. The zero-order chi connectivity index (χ0) is 40.3. The topological polar surface area (TPSA) is 137 Å². The van der Waals surface area contributed by atoms with Gasteiger partial charge < -0.3 is 35.5 Å². The summed E-state index contributed by atoms with van der Waals surface area (Å²) in [5.74, 6) is 4.22. The van der Waals surface area contributed by atoms with E-state index >= 15 is 0 Å². The molecule has 9 rings (SSSR count). The summed E-state index contributed by atoms with van der Waals surface area (Å²) < 4.78 is 12.3. The summed E-state index contributed by atoms with van der Waals surface area (Å²) in [6.07, 6.45) is 20.9. The number of phenolic OH excluding ortho intramolecular Hbond substituents is 1. The summed E-state index contributed by atoms with van der Waals surface area (Å²) in [6, 6.07) is 14.2. The number of benzene rings is 2. The average Bonchev–Trinajstić information content (AvgIpc) is 3.58. The largest absolute Gasteiger partial charge is 0.508 e. The first kappa shape index (κ1) is 40.1. The van der Waals surface area contributed by atoms with Gasteiger partial charge in [-0.15, -0.1) is 0 Å². The van der Waals surface area contributed by atoms with Crippen LogP contribution in [-0.4, -0.2) is 57.8 Å². The van der Waals surface area contributed by atoms with Gasteiger partial charge in [-0.05, 0) is 174 Å². The Morgan fingerprint density at radius 2 is 1.81 bits per heavy atom. The van der Waals surface area contributed by atoms with Crippen molar-refractivity contribution in [3.63, 3.8) is 0 Å². The van der Waals surface area contributed by atoms with E-state index in [-0.39, 0.29) is 22.5 Å². The molecule has 0 bridgehead atoms. The van der Waals surface area contributed by atoms with Gasteiger partial charge in [0.05, 0.1) is 35.9 Å². The van der Waals surface area contributed by atoms with Gasteiger partial charge in [-0.2, -0.15) is 0 Å². The fraction of sp³-hybridized carbons (Fsp3) is 0.660. The number of nitrogens with one attached hydrogen (secondary N) is 1. The molecule has 1 spiro atoms. The van der Waals surface area contributed by atoms with Crippen LogP contribution in [0.1, 0.15) is 121 Å². The van der Waals surface area contributed by atoms with Crippen molar-refractivity contribution in [3.8, 4) is 5.75 Å². The number of aliphatic imine (C=N–C) groups is 1. The molecule has 0 unspecified atom stereocenters. The van der Waals surface area contributed by atoms with E-state index in [0.29, 0.717) is 59.7 Å². The molecule has 8 heteroatoms. The van der Waals surface area contributed by atoms with Crippen LogP contribution in [-0.2, 0) is 17.6 Å². The highest BCUT2D eigenvalue weighted by Crippen LogP contribution is 2.69. The number of rotatable bonds is 11. The van der Waals surface area contributed by atoms with E-state index in [0.717, 1.165) is 88.1 Å². The molecule has 8 nitrogen and oxygen atoms in total. The van der Waals surface area contributed by atoms with E-state index in [9.17, 15) is 15.3 Å². The third kappa shape index (κ3) is 7.87. The predicted molar refractivity (Wildman–Crippen MR) is 230 cm³/mol. The fourth-order valence-corrected chi connectivity index (χ4v) is 13.9. The summed E-state index contributed by atoms with van der Waals surface area (Å²) in [5, 5.41) is 37.3. The van der Waals surface area contributed by atoms with E-state index in [4.69, 9.17) is 26.5 Å². The van der Waals surface area contributed by atoms with Gasteiger partial charge in [0.2, 0.25) is 0 Å². The molecular weight excluding hydrogens is 723 g/mol. The number of aliphatic hydroxyl groups is 2. The van der Waals surface area contributed by atoms with E-state index in [1.54, 1.807) is 6.26 Å². The predicted octanol–water partition coefficient (Wildman–Crippen LogP) is 9.24. The van der Waals surface area contributed by atoms with Gasteiger partial charge in [-0.1, -0.05) is 49.4 Å². The third-order valence-corrected chi connectivity index (χ3v) is 17.0. The Hall–Kier alpha value is -3.33. The van der Waals surface area contributed by atoms with E-state index in [1.165, 1.54) is 55.2 Å². The van der Waals surface area contributed by atoms with Crippen LogP contribution in [0.25, 0.3) is 10.8 Å². The Kier molecular flexibility index (Phi) is 10.8. The van der Waals surface area contributed by atoms with Crippen LogP contribution in [0.3, 0.4) is 0 Å². The summed E-state index contributed by atoms with van der Waals surface area (Å²) in [5.41, 5.74) is 10.1. The molecule has 5 saturated carbocycles. The maximum absolute atomic E-state index is 11.3. The summed E-state index contributed by atoms with van der Waals surface area (Å²) in [4.78, 5) is 4.93. The van der Waals surface area contributed by atoms with Crippen LogP contribution in [0, 0.1) is 46.3 Å². The minimum Gasteiger partial charge on any atom is -0.508 e. The maximum atomic E-state index is 11.3. The number of fused-ring (bicyclic) bond motifs is 4. The van der Waals surface area contributed by atoms with Crippen molar-refractivity contribution in [2.75, 3.05) is 13.1 Å². The van der Waals surface area contributed by atoms with Crippen molar-refractivity contribution in [2.45, 2.75) is 146 Å². The van der Waals surface area contributed by atoms with Crippen LogP contribution in [0.4, 0.5) is 0 Å². The minimum absolute atomic E-state index is 0.0554. The lowest BCUT2D eigenvalue weighted by atomic mass is 9.45. The molecule has 1 aliphatic heterocycles. The molecule has 1 aromatic heterocycles. The molecule has 5 aliphatic carbocycles. The monoisotopic (exact) mass is 792 g/mol. The Morgan fingerprint density at radius 3 is 2.64 bits per heavy atom. The number of aromatic hydroxyl groups is 1. The first-order valence-corrected chi connectivity index (χ1v) is 22.9. The Balaban J connectivity index is 0.866. The number of guanidine groups is 1. The molecule has 2 heterocycles. The number of nitrogens with zero attached hydrogens (tertiary/aromatic N) is 1. The second kappa shape index (κ2) is 15.6. The lowest BCUT2D eigenvalue weighted by Crippen LogP contribution is -2.52. The van der Waals surface area contributed by atoms with E-state index in [1.807, 2.05) is 18.4 Å². The molecule has 12 atom stereocenters. The molecule has 2 aromatic carbocycles. The van der Waals surface area contributed by atoms with Crippen LogP contribution in [0.2, 0.25) is 0 Å². The summed E-state index contributed by atoms with van der Waals surface area (Å²) in [6.45, 7) is 11.4. The number of ether oxygens (including phenoxy) is 1. The van der Waals surface area contributed by atoms with Gasteiger partial charge in [0.15, 0.2) is 5.96 Å². The molecule has 6 aliphatic rings. The second-order valence-corrected chi connectivity index (χ2v) is 20.9. The quantitative estimate of drug-likeness (QED) is 0.0565. The number of aliphatic hydroxyl groups excluding tert-OH is 1. The second-order valence-electron chi connectivity index (χ2n) is 20.9. The van der Waals surface area contributed by atoms with Crippen LogP contribution >= 0.6 is 0 Å². The van der Waals surface area contributed by atoms with Crippen molar-refractivity contribution in [1.82, 2.24) is 5.32 Å². The molecule has 314 valence electrons. The van der Waals surface area contributed by atoms with Crippen LogP contribution in [0.15, 0.2) is 76.6 Å². The molecule has 6 fully saturated rings. The fourth-order valence-electron chi connectivity index (χ4n) is 13.9. The van der Waals surface area contributed by atoms with Gasteiger partial charge in [0.25, 0.3) is 0 Å². The smallest absolute Gasteiger partial charge is 0.188 e. The lowest BCUT2D eigenvalue weighted by molar-refractivity contribution is -0.0828. The van der Waals surface area contributed by atoms with Crippen molar-refractivity contribution in [2.24, 2.45) is 57.1 Å². The third-order valence-electron chi connectivity index (χ3n) is 17.0. The number of hydrogen-bond acceptors (Lipinski definition) is 6. The molecule has 6 N–H and O–H groups in total. The lowest BCUT2D eigenvalue weighted by Gasteiger charge is -2.59. The number of epoxide rings is 1. The number of hydrogen-bond donors (Lipinski definition) is 5. The van der Waals surface area contributed by atoms with Gasteiger partial charge in [0.1, 0.15) is 5.75 Å². The highest BCUT2D eigenvalue weighted by Gasteiger charge is 2.67. The van der Waals surface area contributed by atoms with Gasteiger partial charge in [-0.3, -0.25) is 4.99 Å². The number of nitrogens with two attached hydrogens (primary N) is 1. The van der Waals surface area contributed by atoms with E-state index in [2.05, 4.69) is 49.5 Å². The molecule has 0 amide bonds. The summed E-state index contributed by atoms with van der Waals surface area (Å²) >= 11 is 0. The van der Waals surface area contributed by atoms with Crippen molar-refractivity contribution < 1.29 is 24.5 Å². The molecule has 3 aromatic rings. The molecule has 58 heavy (non-hydrogen) atoms. The Labute approximate surface area is 346 Å². The van der Waals surface area contributed by atoms with Crippen LogP contribution < -0.4 is 11.1 Å². The molecule has 0 radical (unpaired) electrons. The maximum Gasteiger partial charge on any atom is 0.188 e. The first-order chi connectivity index (χ1) is 27.8. The first-order valence-electron chi connectivity index (χ1n) is 22.9. The van der Waals surface area contributed by atoms with Gasteiger partial charge >= 0.3 is 0 Å². The van der Waals surface area contributed by atoms with Crippen molar-refractivity contribution in [3.05, 3.63) is 78.3 Å². The molecular formula is C50H69N3O5. The zero-order valence-electron chi connectivity index (χ0n) is 35.1. The van der Waals surface area contributed by atoms with Gasteiger partial charge in [-0.25, -0.2) is 0 Å². The minimum atomic E-state index is -0.698. The standard InChI is InChI=1S/C50H69N3O5/c1-32-25-49(19-13-34(26-49)14-20-50(56)17-5-8-40(55)27-50)45-48(3,58-45)18-15-43-41(32)28-47(43,2)44-24-35(23-38(44)22-33-9-11-39(54)12-10-33)29-53-46(51)52-21-16-36-6-4-7-37-30-57-31-42(36)37/h4,6-7,9-12,30-31,34-35,38,40-41,43-45,54-56H,1,5,8,13-29H2,2-3H3,(H3,51,52,53)/t34-,35-,38-,40+,41+,43+,44-,45+,47-,48+,49+,50-/m0/s1. The average molecular weight is 792 g/mol. The number of phenols is 1. The van der Waals surface area contributed by atoms with Crippen LogP contribution in [0.5, 0.6) is 5.75 Å². The Morgan fingerprint density at radius 1 is 0.966 bits per heavy atom. The van der Waals surface area contributed by atoms with Crippen molar-refractivity contribution in [1.29, 1.82) is 0 Å². The SMILES string of the molecule is C=C1C[C@@]2(CC[C@@H](CC[C@@]3(O)CCC[C@@H](O)C3)C2)[C@@H]2O[C@]2(C)CC[C@@H]2[C@@H]1C[C@]2(C)[C@H]1C[C@@H](CN=C(N)NCCc2cccc3cocc23)C[C@@H]1Cc1ccc(O)cc1. The highest BCUT2D eigenvalue weighted by molar-refractivity contribution is 5.84. The summed E-state index contributed by atoms with van der Waals surface area (Å²) in [7, 11) is 0. The highest BCUT2D eigenvalue weighted by atomic mass is 16.6. The van der Waals surface area contributed by atoms with Gasteiger partial charge in [0, 0.05) is 35.7 Å². The number of furan rings is 1. The Bertz CT molecular complexity index is 1980. The van der Waals surface area contributed by atoms with E-state index < -0.39 is 5.60 Å². The van der Waals surface area contributed by atoms with Crippen molar-refractivity contribution >= 4 is 16.7 Å². The molecule has 1 saturated heterocycles. The normalized spacial score (nSPS) is 40.1. The number of allylic oxidation sites excluding steroid dienone is 1.